The van der Waals surface area contributed by atoms with Crippen LogP contribution in [0.4, 0.5) is 0 Å². The van der Waals surface area contributed by atoms with Crippen molar-refractivity contribution in [3.05, 3.63) is 18.0 Å². The van der Waals surface area contributed by atoms with Gasteiger partial charge in [0, 0.05) is 45.0 Å². The van der Waals surface area contributed by atoms with Gasteiger partial charge in [0.1, 0.15) is 0 Å². The lowest BCUT2D eigenvalue weighted by Crippen LogP contribution is -2.40. The van der Waals surface area contributed by atoms with Crippen molar-refractivity contribution in [1.82, 2.24) is 20.0 Å². The Bertz CT molecular complexity index is 360. The van der Waals surface area contributed by atoms with Crippen molar-refractivity contribution in [3.8, 4) is 0 Å². The molecule has 2 heterocycles. The molecule has 1 N–H and O–H groups in total. The van der Waals surface area contributed by atoms with E-state index in [0.717, 1.165) is 52.4 Å². The first-order chi connectivity index (χ1) is 9.31. The van der Waals surface area contributed by atoms with E-state index >= 15 is 0 Å². The standard InChI is InChI=1S/C14H26N4O/c1-3-13(2)18-14(4-5-16-18)12-15-6-7-17-8-10-19-11-9-17/h4-5,13,15H,3,6-12H2,1-2H3/t13-/m1/s1. The van der Waals surface area contributed by atoms with Crippen LogP contribution in [0.1, 0.15) is 32.0 Å². The monoisotopic (exact) mass is 266 g/mol. The Labute approximate surface area is 115 Å². The molecule has 108 valence electrons. The van der Waals surface area contributed by atoms with Gasteiger partial charge in [0.15, 0.2) is 0 Å². The molecular formula is C14H26N4O. The van der Waals surface area contributed by atoms with Crippen molar-refractivity contribution < 1.29 is 4.74 Å². The fourth-order valence-corrected chi connectivity index (χ4v) is 2.33. The SMILES string of the molecule is CC[C@@H](C)n1nccc1CNCCN1CCOCC1. The zero-order chi connectivity index (χ0) is 13.5. The molecule has 1 aromatic heterocycles. The van der Waals surface area contributed by atoms with Crippen LogP contribution in [0.15, 0.2) is 12.3 Å². The van der Waals surface area contributed by atoms with E-state index < -0.39 is 0 Å². The zero-order valence-electron chi connectivity index (χ0n) is 12.1. The van der Waals surface area contributed by atoms with Crippen molar-refractivity contribution in [3.63, 3.8) is 0 Å². The summed E-state index contributed by atoms with van der Waals surface area (Å²) in [6.45, 7) is 11.3. The van der Waals surface area contributed by atoms with E-state index in [1.54, 1.807) is 0 Å². The molecule has 1 aliphatic heterocycles. The van der Waals surface area contributed by atoms with Gasteiger partial charge in [0.05, 0.1) is 18.9 Å². The van der Waals surface area contributed by atoms with Gasteiger partial charge in [-0.15, -0.1) is 0 Å². The maximum absolute atomic E-state index is 5.35. The van der Waals surface area contributed by atoms with Crippen LogP contribution in [-0.2, 0) is 11.3 Å². The molecule has 1 aliphatic rings. The second kappa shape index (κ2) is 7.62. The number of aromatic nitrogens is 2. The zero-order valence-corrected chi connectivity index (χ0v) is 12.1. The molecule has 0 radical (unpaired) electrons. The first kappa shape index (κ1) is 14.5. The Balaban J connectivity index is 1.69. The van der Waals surface area contributed by atoms with Gasteiger partial charge >= 0.3 is 0 Å². The normalized spacial score (nSPS) is 18.6. The van der Waals surface area contributed by atoms with Crippen LogP contribution in [0.25, 0.3) is 0 Å². The predicted octanol–water partition coefficient (Wildman–Crippen LogP) is 1.28. The molecule has 1 aromatic rings. The quantitative estimate of drug-likeness (QED) is 0.755. The third-order valence-corrected chi connectivity index (χ3v) is 3.78. The average Bonchev–Trinajstić information content (AvgIpc) is 2.92. The summed E-state index contributed by atoms with van der Waals surface area (Å²) >= 11 is 0. The topological polar surface area (TPSA) is 42.3 Å². The van der Waals surface area contributed by atoms with Gasteiger partial charge in [0.25, 0.3) is 0 Å². The van der Waals surface area contributed by atoms with Crippen molar-refractivity contribution in [2.45, 2.75) is 32.9 Å². The van der Waals surface area contributed by atoms with E-state index in [9.17, 15) is 0 Å². The van der Waals surface area contributed by atoms with Crippen LogP contribution in [0, 0.1) is 0 Å². The Morgan fingerprint density at radius 1 is 1.42 bits per heavy atom. The molecule has 0 saturated carbocycles. The van der Waals surface area contributed by atoms with E-state index in [4.69, 9.17) is 4.74 Å². The number of hydrogen-bond donors (Lipinski definition) is 1. The van der Waals surface area contributed by atoms with Crippen molar-refractivity contribution >= 4 is 0 Å². The van der Waals surface area contributed by atoms with E-state index in [2.05, 4.69) is 39.9 Å². The fraction of sp³-hybridized carbons (Fsp3) is 0.786. The van der Waals surface area contributed by atoms with Gasteiger partial charge in [-0.05, 0) is 19.4 Å². The summed E-state index contributed by atoms with van der Waals surface area (Å²) in [6.07, 6.45) is 3.01. The maximum Gasteiger partial charge on any atom is 0.0594 e. The van der Waals surface area contributed by atoms with Crippen molar-refractivity contribution in [1.29, 1.82) is 0 Å². The first-order valence-electron chi connectivity index (χ1n) is 7.34. The lowest BCUT2D eigenvalue weighted by Gasteiger charge is -2.26. The largest absolute Gasteiger partial charge is 0.379 e. The molecule has 0 amide bonds. The number of nitrogens with zero attached hydrogens (tertiary/aromatic N) is 3. The first-order valence-corrected chi connectivity index (χ1v) is 7.34. The van der Waals surface area contributed by atoms with Gasteiger partial charge < -0.3 is 10.1 Å². The highest BCUT2D eigenvalue weighted by atomic mass is 16.5. The van der Waals surface area contributed by atoms with E-state index in [1.165, 1.54) is 5.69 Å². The molecule has 0 unspecified atom stereocenters. The predicted molar refractivity (Wildman–Crippen MR) is 76.2 cm³/mol. The van der Waals surface area contributed by atoms with Crippen LogP contribution in [0.3, 0.4) is 0 Å². The molecule has 5 heteroatoms. The molecule has 1 atom stereocenters. The highest BCUT2D eigenvalue weighted by Crippen LogP contribution is 2.11. The Morgan fingerprint density at radius 2 is 2.21 bits per heavy atom. The summed E-state index contributed by atoms with van der Waals surface area (Å²) in [7, 11) is 0. The van der Waals surface area contributed by atoms with Crippen LogP contribution in [0.5, 0.6) is 0 Å². The molecule has 0 aromatic carbocycles. The molecular weight excluding hydrogens is 240 g/mol. The second-order valence-corrected chi connectivity index (χ2v) is 5.16. The van der Waals surface area contributed by atoms with Crippen molar-refractivity contribution in [2.24, 2.45) is 0 Å². The summed E-state index contributed by atoms with van der Waals surface area (Å²) in [5, 5.41) is 7.92. The van der Waals surface area contributed by atoms with Crippen LogP contribution in [0.2, 0.25) is 0 Å². The number of nitrogens with one attached hydrogen (secondary N) is 1. The number of hydrogen-bond acceptors (Lipinski definition) is 4. The van der Waals surface area contributed by atoms with E-state index in [1.807, 2.05) is 6.20 Å². The van der Waals surface area contributed by atoms with Gasteiger partial charge in [0.2, 0.25) is 0 Å². The minimum absolute atomic E-state index is 0.478. The molecule has 5 nitrogen and oxygen atoms in total. The molecule has 1 fully saturated rings. The molecule has 19 heavy (non-hydrogen) atoms. The third-order valence-electron chi connectivity index (χ3n) is 3.78. The fourth-order valence-electron chi connectivity index (χ4n) is 2.33. The minimum Gasteiger partial charge on any atom is -0.379 e. The lowest BCUT2D eigenvalue weighted by atomic mass is 10.2. The number of ether oxygens (including phenoxy) is 1. The summed E-state index contributed by atoms with van der Waals surface area (Å²) in [6, 6.07) is 2.58. The summed E-state index contributed by atoms with van der Waals surface area (Å²) in [4.78, 5) is 2.45. The van der Waals surface area contributed by atoms with Gasteiger partial charge in [-0.3, -0.25) is 9.58 Å². The van der Waals surface area contributed by atoms with Crippen LogP contribution >= 0.6 is 0 Å². The number of rotatable bonds is 7. The van der Waals surface area contributed by atoms with Crippen LogP contribution in [-0.4, -0.2) is 54.1 Å². The minimum atomic E-state index is 0.478. The second-order valence-electron chi connectivity index (χ2n) is 5.16. The van der Waals surface area contributed by atoms with Gasteiger partial charge in [-0.2, -0.15) is 5.10 Å². The number of morpholine rings is 1. The summed E-state index contributed by atoms with van der Waals surface area (Å²) in [5.41, 5.74) is 1.27. The van der Waals surface area contributed by atoms with Gasteiger partial charge in [-0.25, -0.2) is 0 Å². The smallest absolute Gasteiger partial charge is 0.0594 e. The Morgan fingerprint density at radius 3 is 2.95 bits per heavy atom. The van der Waals surface area contributed by atoms with E-state index in [0.29, 0.717) is 6.04 Å². The average molecular weight is 266 g/mol. The Kier molecular flexibility index (Phi) is 5.82. The molecule has 0 bridgehead atoms. The summed E-state index contributed by atoms with van der Waals surface area (Å²) < 4.78 is 7.47. The maximum atomic E-state index is 5.35. The molecule has 2 rings (SSSR count). The van der Waals surface area contributed by atoms with E-state index in [-0.39, 0.29) is 0 Å². The van der Waals surface area contributed by atoms with Gasteiger partial charge in [-0.1, -0.05) is 6.92 Å². The highest BCUT2D eigenvalue weighted by molar-refractivity contribution is 5.01. The van der Waals surface area contributed by atoms with Crippen molar-refractivity contribution in [2.75, 3.05) is 39.4 Å². The molecule has 0 spiro atoms. The molecule has 0 aliphatic carbocycles. The highest BCUT2D eigenvalue weighted by Gasteiger charge is 2.10. The molecule has 1 saturated heterocycles. The van der Waals surface area contributed by atoms with Crippen LogP contribution < -0.4 is 5.32 Å². The Hall–Kier alpha value is -0.910. The summed E-state index contributed by atoms with van der Waals surface area (Å²) in [5.74, 6) is 0. The third kappa shape index (κ3) is 4.30. The lowest BCUT2D eigenvalue weighted by molar-refractivity contribution is 0.0384.